The zero-order valence-corrected chi connectivity index (χ0v) is 19.8. The lowest BCUT2D eigenvalue weighted by molar-refractivity contribution is 0.0341. The summed E-state index contributed by atoms with van der Waals surface area (Å²) in [5.74, 6) is 0.913. The predicted molar refractivity (Wildman–Crippen MR) is 127 cm³/mol. The second kappa shape index (κ2) is 12.0. The highest BCUT2D eigenvalue weighted by Gasteiger charge is 2.31. The van der Waals surface area contributed by atoms with Crippen molar-refractivity contribution in [1.82, 2.24) is 15.5 Å². The summed E-state index contributed by atoms with van der Waals surface area (Å²) in [7, 11) is 1.86. The summed E-state index contributed by atoms with van der Waals surface area (Å²) in [4.78, 5) is 6.92. The molecule has 2 aliphatic rings. The van der Waals surface area contributed by atoms with Gasteiger partial charge in [-0.3, -0.25) is 9.89 Å². The highest BCUT2D eigenvalue weighted by atomic mass is 127. The number of rotatable bonds is 7. The Morgan fingerprint density at radius 1 is 1.11 bits per heavy atom. The Morgan fingerprint density at radius 3 is 2.43 bits per heavy atom. The molecule has 1 heterocycles. The lowest BCUT2D eigenvalue weighted by Gasteiger charge is -2.29. The van der Waals surface area contributed by atoms with Crippen molar-refractivity contribution in [3.05, 3.63) is 35.4 Å². The minimum absolute atomic E-state index is 0. The van der Waals surface area contributed by atoms with Gasteiger partial charge in [0, 0.05) is 39.8 Å². The van der Waals surface area contributed by atoms with E-state index in [1.54, 1.807) is 0 Å². The molecule has 5 nitrogen and oxygen atoms in total. The molecule has 0 unspecified atom stereocenters. The van der Waals surface area contributed by atoms with Gasteiger partial charge >= 0.3 is 0 Å². The first-order valence-electron chi connectivity index (χ1n) is 10.6. The fourth-order valence-electron chi connectivity index (χ4n) is 4.34. The molecule has 3 rings (SSSR count). The summed E-state index contributed by atoms with van der Waals surface area (Å²) in [5.41, 5.74) is 3.20. The zero-order valence-electron chi connectivity index (χ0n) is 17.5. The number of nitrogens with zero attached hydrogens (tertiary/aromatic N) is 2. The summed E-state index contributed by atoms with van der Waals surface area (Å²) in [5, 5.41) is 7.11. The number of guanidine groups is 1. The molecule has 2 N–H and O–H groups in total. The topological polar surface area (TPSA) is 48.9 Å². The molecule has 0 amide bonds. The van der Waals surface area contributed by atoms with Crippen molar-refractivity contribution in [3.8, 4) is 0 Å². The van der Waals surface area contributed by atoms with Gasteiger partial charge < -0.3 is 15.4 Å². The minimum Gasteiger partial charge on any atom is -0.379 e. The van der Waals surface area contributed by atoms with Crippen LogP contribution in [-0.2, 0) is 17.8 Å². The Bertz CT molecular complexity index is 610. The third-order valence-corrected chi connectivity index (χ3v) is 6.33. The van der Waals surface area contributed by atoms with E-state index in [0.717, 1.165) is 51.9 Å². The average molecular weight is 500 g/mol. The Morgan fingerprint density at radius 2 is 1.79 bits per heavy atom. The molecule has 158 valence electrons. The summed E-state index contributed by atoms with van der Waals surface area (Å²) in [6.45, 7) is 8.87. The van der Waals surface area contributed by atoms with Gasteiger partial charge in [0.1, 0.15) is 0 Å². The number of morpholine rings is 1. The summed E-state index contributed by atoms with van der Waals surface area (Å²) in [6.07, 6.45) is 6.68. The number of ether oxygens (including phenoxy) is 1. The first-order chi connectivity index (χ1) is 13.2. The second-order valence-electron chi connectivity index (χ2n) is 8.00. The van der Waals surface area contributed by atoms with Crippen molar-refractivity contribution in [2.75, 3.05) is 39.9 Å². The smallest absolute Gasteiger partial charge is 0.191 e. The van der Waals surface area contributed by atoms with Crippen LogP contribution < -0.4 is 10.6 Å². The molecule has 1 aromatic carbocycles. The van der Waals surface area contributed by atoms with E-state index in [1.807, 2.05) is 7.05 Å². The van der Waals surface area contributed by atoms with Gasteiger partial charge in [0.05, 0.1) is 13.2 Å². The van der Waals surface area contributed by atoms with Gasteiger partial charge in [-0.1, -0.05) is 44.0 Å². The maximum Gasteiger partial charge on any atom is 0.191 e. The Kier molecular flexibility index (Phi) is 10.0. The first kappa shape index (κ1) is 23.4. The number of hydrogen-bond donors (Lipinski definition) is 2. The summed E-state index contributed by atoms with van der Waals surface area (Å²) in [6, 6.07) is 8.73. The van der Waals surface area contributed by atoms with Crippen LogP contribution in [0.25, 0.3) is 0 Å². The number of hydrogen-bond acceptors (Lipinski definition) is 3. The van der Waals surface area contributed by atoms with E-state index in [4.69, 9.17) is 4.74 Å². The molecule has 1 aromatic rings. The third-order valence-electron chi connectivity index (χ3n) is 6.33. The van der Waals surface area contributed by atoms with Gasteiger partial charge in [-0.2, -0.15) is 0 Å². The molecule has 1 aliphatic heterocycles. The molecular weight excluding hydrogens is 463 g/mol. The normalized spacial score (nSPS) is 19.9. The van der Waals surface area contributed by atoms with E-state index in [2.05, 4.69) is 51.7 Å². The number of aliphatic imine (C=N–C) groups is 1. The van der Waals surface area contributed by atoms with Crippen LogP contribution in [0.1, 0.15) is 50.2 Å². The van der Waals surface area contributed by atoms with Gasteiger partial charge in [0.25, 0.3) is 0 Å². The second-order valence-corrected chi connectivity index (χ2v) is 8.00. The quantitative estimate of drug-likeness (QED) is 0.340. The van der Waals surface area contributed by atoms with Crippen molar-refractivity contribution < 1.29 is 4.74 Å². The third kappa shape index (κ3) is 6.59. The van der Waals surface area contributed by atoms with Crippen LogP contribution in [0, 0.1) is 5.41 Å². The summed E-state index contributed by atoms with van der Waals surface area (Å²) < 4.78 is 5.47. The molecule has 1 saturated heterocycles. The fourth-order valence-corrected chi connectivity index (χ4v) is 4.34. The van der Waals surface area contributed by atoms with Gasteiger partial charge in [-0.15, -0.1) is 24.0 Å². The summed E-state index contributed by atoms with van der Waals surface area (Å²) >= 11 is 0. The van der Waals surface area contributed by atoms with Crippen LogP contribution in [0.4, 0.5) is 0 Å². The van der Waals surface area contributed by atoms with Gasteiger partial charge in [-0.05, 0) is 35.8 Å². The molecule has 0 bridgehead atoms. The maximum absolute atomic E-state index is 5.47. The van der Waals surface area contributed by atoms with Crippen molar-refractivity contribution in [2.45, 2.75) is 52.1 Å². The molecule has 0 atom stereocenters. The molecule has 2 fully saturated rings. The van der Waals surface area contributed by atoms with Crippen molar-refractivity contribution in [3.63, 3.8) is 0 Å². The SMILES string of the molecule is CCC1(CNC(=NC)NCc2ccccc2CN2CCOCC2)CCCC1.I. The highest BCUT2D eigenvalue weighted by Crippen LogP contribution is 2.40. The standard InChI is InChI=1S/C22H36N4O.HI/c1-3-22(10-6-7-11-22)18-25-21(23-2)24-16-19-8-4-5-9-20(19)17-26-12-14-27-15-13-26;/h4-5,8-9H,3,6-7,10-18H2,1-2H3,(H2,23,24,25);1H. The molecule has 28 heavy (non-hydrogen) atoms. The van der Waals surface area contributed by atoms with Crippen molar-refractivity contribution >= 4 is 29.9 Å². The minimum atomic E-state index is 0. The fraction of sp³-hybridized carbons (Fsp3) is 0.682. The largest absolute Gasteiger partial charge is 0.379 e. The van der Waals surface area contributed by atoms with Gasteiger partial charge in [0.2, 0.25) is 0 Å². The monoisotopic (exact) mass is 500 g/mol. The maximum atomic E-state index is 5.47. The van der Waals surface area contributed by atoms with Gasteiger partial charge in [0.15, 0.2) is 5.96 Å². The lowest BCUT2D eigenvalue weighted by Crippen LogP contribution is -2.42. The van der Waals surface area contributed by atoms with E-state index in [9.17, 15) is 0 Å². The molecule has 1 saturated carbocycles. The van der Waals surface area contributed by atoms with Crippen LogP contribution in [0.3, 0.4) is 0 Å². The van der Waals surface area contributed by atoms with Crippen LogP contribution in [0.2, 0.25) is 0 Å². The van der Waals surface area contributed by atoms with E-state index in [0.29, 0.717) is 5.41 Å². The number of benzene rings is 1. The van der Waals surface area contributed by atoms with Crippen LogP contribution >= 0.6 is 24.0 Å². The van der Waals surface area contributed by atoms with Crippen LogP contribution in [0.15, 0.2) is 29.3 Å². The molecular formula is C22H37IN4O. The predicted octanol–water partition coefficient (Wildman–Crippen LogP) is 3.77. The molecule has 0 spiro atoms. The molecule has 0 aromatic heterocycles. The zero-order chi connectivity index (χ0) is 19.0. The Hall–Kier alpha value is -0.860. The van der Waals surface area contributed by atoms with Crippen molar-refractivity contribution in [1.29, 1.82) is 0 Å². The molecule has 6 heteroatoms. The number of nitrogens with one attached hydrogen (secondary N) is 2. The van der Waals surface area contributed by atoms with Crippen molar-refractivity contribution in [2.24, 2.45) is 10.4 Å². The molecule has 1 aliphatic carbocycles. The Labute approximate surface area is 187 Å². The first-order valence-corrected chi connectivity index (χ1v) is 10.6. The Balaban J connectivity index is 0.00000280. The van der Waals surface area contributed by atoms with Crippen LogP contribution in [0.5, 0.6) is 0 Å². The van der Waals surface area contributed by atoms with E-state index in [1.165, 1.54) is 43.2 Å². The van der Waals surface area contributed by atoms with Gasteiger partial charge in [-0.25, -0.2) is 0 Å². The van der Waals surface area contributed by atoms with Crippen LogP contribution in [-0.4, -0.2) is 50.8 Å². The molecule has 0 radical (unpaired) electrons. The number of halogens is 1. The van der Waals surface area contributed by atoms with E-state index < -0.39 is 0 Å². The highest BCUT2D eigenvalue weighted by molar-refractivity contribution is 14.0. The van der Waals surface area contributed by atoms with E-state index >= 15 is 0 Å². The van der Waals surface area contributed by atoms with E-state index in [-0.39, 0.29) is 24.0 Å². The lowest BCUT2D eigenvalue weighted by atomic mass is 9.83. The average Bonchev–Trinajstić information content (AvgIpc) is 3.19.